The Kier molecular flexibility index (Phi) is 12.0. The molecular weight excluding hydrogens is 697 g/mol. The number of carbonyl (C=O) groups is 4. The molecule has 53 heavy (non-hydrogen) atoms. The van der Waals surface area contributed by atoms with Gasteiger partial charge in [0, 0.05) is 61.4 Å². The third-order valence-corrected chi connectivity index (χ3v) is 10.6. The van der Waals surface area contributed by atoms with Crippen molar-refractivity contribution in [1.29, 1.82) is 0 Å². The van der Waals surface area contributed by atoms with E-state index in [1.165, 1.54) is 14.2 Å². The lowest BCUT2D eigenvalue weighted by Gasteiger charge is -2.36. The number of ether oxygens (including phenoxy) is 3. The average molecular weight is 741 g/mol. The Balaban J connectivity index is 1.17. The van der Waals surface area contributed by atoms with E-state index in [2.05, 4.69) is 5.32 Å². The van der Waals surface area contributed by atoms with Gasteiger partial charge in [0.05, 0.1) is 19.7 Å². The molecule has 2 aliphatic heterocycles. The zero-order valence-corrected chi connectivity index (χ0v) is 31.1. The highest BCUT2D eigenvalue weighted by Crippen LogP contribution is 2.36. The number of amides is 3. The van der Waals surface area contributed by atoms with Crippen molar-refractivity contribution in [2.75, 3.05) is 62.9 Å². The van der Waals surface area contributed by atoms with Crippen molar-refractivity contribution in [2.45, 2.75) is 38.8 Å². The smallest absolute Gasteiger partial charge is 0.263 e. The number of rotatable bonds is 12. The molecule has 2 fully saturated rings. The number of piperazine rings is 1. The number of thioether (sulfide) groups is 1. The highest BCUT2D eigenvalue weighted by atomic mass is 32.2. The largest absolute Gasteiger partial charge is 0.493 e. The molecule has 3 unspecified atom stereocenters. The van der Waals surface area contributed by atoms with Crippen LogP contribution in [0.1, 0.15) is 37.0 Å². The molecule has 0 spiro atoms. The second-order valence-corrected chi connectivity index (χ2v) is 14.0. The number of nitrogens with zero attached hydrogens (tertiary/aromatic N) is 5. The van der Waals surface area contributed by atoms with Gasteiger partial charge in [-0.15, -0.1) is 0 Å². The van der Waals surface area contributed by atoms with Crippen LogP contribution in [0.15, 0.2) is 72.8 Å². The summed E-state index contributed by atoms with van der Waals surface area (Å²) in [5, 5.41) is 3.45. The molecule has 3 atom stereocenters. The first-order valence-electron chi connectivity index (χ1n) is 17.7. The number of benzene rings is 3. The Morgan fingerprint density at radius 3 is 2.19 bits per heavy atom. The van der Waals surface area contributed by atoms with Gasteiger partial charge in [0.1, 0.15) is 17.6 Å². The second kappa shape index (κ2) is 17.0. The number of methoxy groups -OCH3 is 2. The van der Waals surface area contributed by atoms with Crippen molar-refractivity contribution in [3.05, 3.63) is 78.4 Å². The molecule has 0 aliphatic carbocycles. The molecule has 14 heteroatoms. The van der Waals surface area contributed by atoms with Crippen LogP contribution >= 0.6 is 11.8 Å². The van der Waals surface area contributed by atoms with Crippen LogP contribution in [0.4, 0.5) is 11.8 Å². The predicted octanol–water partition coefficient (Wildman–Crippen LogP) is 4.90. The van der Waals surface area contributed by atoms with Gasteiger partial charge in [-0.05, 0) is 38.0 Å². The van der Waals surface area contributed by atoms with E-state index in [-0.39, 0.29) is 28.7 Å². The van der Waals surface area contributed by atoms with Crippen molar-refractivity contribution in [3.8, 4) is 17.2 Å². The van der Waals surface area contributed by atoms with Gasteiger partial charge in [-0.25, -0.2) is 4.98 Å². The van der Waals surface area contributed by atoms with Gasteiger partial charge < -0.3 is 34.2 Å². The molecule has 4 aromatic rings. The number of nitrogens with one attached hydrogen (secondary N) is 1. The van der Waals surface area contributed by atoms with Crippen LogP contribution in [-0.4, -0.2) is 107 Å². The first-order chi connectivity index (χ1) is 25.7. The maximum atomic E-state index is 14.0. The third-order valence-electron chi connectivity index (χ3n) is 9.44. The van der Waals surface area contributed by atoms with E-state index in [0.29, 0.717) is 91.0 Å². The summed E-state index contributed by atoms with van der Waals surface area (Å²) in [6.45, 7) is 5.77. The second-order valence-electron chi connectivity index (χ2n) is 13.0. The Hall–Kier alpha value is -5.37. The highest BCUT2D eigenvalue weighted by Gasteiger charge is 2.37. The number of fused-ring (bicyclic) bond motifs is 1. The Bertz CT molecular complexity index is 1940. The summed E-state index contributed by atoms with van der Waals surface area (Å²) >= 11 is 1.10. The van der Waals surface area contributed by atoms with Crippen molar-refractivity contribution >= 4 is 57.3 Å². The Morgan fingerprint density at radius 2 is 1.51 bits per heavy atom. The van der Waals surface area contributed by atoms with Gasteiger partial charge in [0.2, 0.25) is 22.9 Å². The number of carbonyl (C=O) groups excluding carboxylic acids is 4. The van der Waals surface area contributed by atoms with Crippen LogP contribution in [0.3, 0.4) is 0 Å². The summed E-state index contributed by atoms with van der Waals surface area (Å²) in [4.78, 5) is 68.5. The summed E-state index contributed by atoms with van der Waals surface area (Å²) in [6.07, 6.45) is 0.520. The summed E-state index contributed by atoms with van der Waals surface area (Å²) in [5.41, 5.74) is 1.11. The molecule has 1 N–H and O–H groups in total. The lowest BCUT2D eigenvalue weighted by molar-refractivity contribution is -0.139. The SMILES string of the molecule is COc1cc2nc(N3CCN(C(=O)C(C)Oc4ccccc4)CC3)nc(NC(=O)C3CCCN3C(=O)C(C)CSC(=O)c3ccccc3)c2cc1OC. The minimum atomic E-state index is -0.706. The first-order valence-corrected chi connectivity index (χ1v) is 18.7. The van der Waals surface area contributed by atoms with Gasteiger partial charge in [-0.3, -0.25) is 19.2 Å². The molecule has 3 heterocycles. The zero-order valence-electron chi connectivity index (χ0n) is 30.3. The lowest BCUT2D eigenvalue weighted by Crippen LogP contribution is -2.52. The van der Waals surface area contributed by atoms with Crippen LogP contribution in [0, 0.1) is 5.92 Å². The summed E-state index contributed by atoms with van der Waals surface area (Å²) in [6, 6.07) is 21.0. The van der Waals surface area contributed by atoms with Gasteiger partial charge in [-0.1, -0.05) is 67.2 Å². The Morgan fingerprint density at radius 1 is 0.849 bits per heavy atom. The third kappa shape index (κ3) is 8.65. The summed E-state index contributed by atoms with van der Waals surface area (Å²) < 4.78 is 17.0. The fourth-order valence-electron chi connectivity index (χ4n) is 6.53. The molecule has 0 radical (unpaired) electrons. The number of hydrogen-bond donors (Lipinski definition) is 1. The molecule has 13 nitrogen and oxygen atoms in total. The zero-order chi connectivity index (χ0) is 37.5. The van der Waals surface area contributed by atoms with Crippen LogP contribution in [0.25, 0.3) is 10.9 Å². The lowest BCUT2D eigenvalue weighted by atomic mass is 10.1. The summed E-state index contributed by atoms with van der Waals surface area (Å²) in [7, 11) is 3.06. The molecule has 2 aliphatic rings. The minimum Gasteiger partial charge on any atom is -0.493 e. The quantitative estimate of drug-likeness (QED) is 0.212. The van der Waals surface area contributed by atoms with Gasteiger partial charge in [0.15, 0.2) is 17.6 Å². The average Bonchev–Trinajstić information content (AvgIpc) is 3.70. The van der Waals surface area contributed by atoms with Gasteiger partial charge >= 0.3 is 0 Å². The van der Waals surface area contributed by atoms with Crippen LogP contribution < -0.4 is 24.4 Å². The maximum Gasteiger partial charge on any atom is 0.263 e. The molecule has 0 saturated carbocycles. The summed E-state index contributed by atoms with van der Waals surface area (Å²) in [5.74, 6) is 1.39. The number of anilines is 2. The predicted molar refractivity (Wildman–Crippen MR) is 204 cm³/mol. The van der Waals surface area contributed by atoms with E-state index in [9.17, 15) is 19.2 Å². The first kappa shape index (κ1) is 37.4. The minimum absolute atomic E-state index is 0.0980. The fraction of sp³-hybridized carbons (Fsp3) is 0.385. The number of aromatic nitrogens is 2. The van der Waals surface area contributed by atoms with Crippen molar-refractivity contribution in [2.24, 2.45) is 5.92 Å². The van der Waals surface area contributed by atoms with E-state index < -0.39 is 18.1 Å². The fourth-order valence-corrected chi connectivity index (χ4v) is 7.38. The van der Waals surface area contributed by atoms with Crippen molar-refractivity contribution < 1.29 is 33.4 Å². The van der Waals surface area contributed by atoms with Crippen molar-refractivity contribution in [3.63, 3.8) is 0 Å². The topological polar surface area (TPSA) is 144 Å². The van der Waals surface area contributed by atoms with Crippen LogP contribution in [-0.2, 0) is 14.4 Å². The van der Waals surface area contributed by atoms with E-state index >= 15 is 0 Å². The maximum absolute atomic E-state index is 14.0. The van der Waals surface area contributed by atoms with Gasteiger partial charge in [0.25, 0.3) is 5.91 Å². The molecule has 2 saturated heterocycles. The normalized spacial score (nSPS) is 16.9. The number of hydrogen-bond acceptors (Lipinski definition) is 11. The molecule has 1 aromatic heterocycles. The molecule has 3 aromatic carbocycles. The molecule has 3 amide bonds. The van der Waals surface area contributed by atoms with E-state index in [4.69, 9.17) is 24.2 Å². The Labute approximate surface area is 313 Å². The van der Waals surface area contributed by atoms with Crippen LogP contribution in [0.2, 0.25) is 0 Å². The van der Waals surface area contributed by atoms with E-state index in [1.54, 1.807) is 60.0 Å². The number of likely N-dealkylation sites (tertiary alicyclic amines) is 1. The molecule has 0 bridgehead atoms. The van der Waals surface area contributed by atoms with Crippen LogP contribution in [0.5, 0.6) is 17.2 Å². The van der Waals surface area contributed by atoms with E-state index in [0.717, 1.165) is 11.8 Å². The molecular formula is C39H44N6O7S. The number of para-hydroxylation sites is 1. The highest BCUT2D eigenvalue weighted by molar-refractivity contribution is 8.14. The van der Waals surface area contributed by atoms with E-state index in [1.807, 2.05) is 41.3 Å². The van der Waals surface area contributed by atoms with Gasteiger partial charge in [-0.2, -0.15) is 4.98 Å². The molecule has 6 rings (SSSR count). The van der Waals surface area contributed by atoms with Crippen molar-refractivity contribution in [1.82, 2.24) is 19.8 Å². The standard InChI is InChI=1S/C39H44N6O7S/c1-25(24-53-38(49)27-12-7-5-8-13-27)36(47)45-17-11-16-31(45)35(46)41-34-29-22-32(50-3)33(51-4)23-30(29)40-39(42-34)44-20-18-43(19-21-44)37(48)26(2)52-28-14-9-6-10-15-28/h5-10,12-15,22-23,25-26,31H,11,16-21,24H2,1-4H3,(H,40,41,42,46). The molecule has 278 valence electrons. The monoisotopic (exact) mass is 740 g/mol.